The molecule has 0 spiro atoms. The average molecular weight is 196 g/mol. The van der Waals surface area contributed by atoms with Gasteiger partial charge in [0.15, 0.2) is 0 Å². The molecular formula is C7H17O4P. The van der Waals surface area contributed by atoms with E-state index in [1.807, 2.05) is 0 Å². The van der Waals surface area contributed by atoms with E-state index in [-0.39, 0.29) is 6.16 Å². The number of aliphatic hydroxyl groups excluding tert-OH is 1. The lowest BCUT2D eigenvalue weighted by molar-refractivity contribution is 0.181. The van der Waals surface area contributed by atoms with Crippen molar-refractivity contribution in [2.45, 2.75) is 26.9 Å². The van der Waals surface area contributed by atoms with Gasteiger partial charge in [0.25, 0.3) is 0 Å². The molecule has 0 bridgehead atoms. The normalized spacial score (nSPS) is 14.7. The van der Waals surface area contributed by atoms with Gasteiger partial charge >= 0.3 is 7.60 Å². The van der Waals surface area contributed by atoms with Crippen LogP contribution in [0.4, 0.5) is 0 Å². The highest BCUT2D eigenvalue weighted by molar-refractivity contribution is 7.53. The van der Waals surface area contributed by atoms with Crippen molar-refractivity contribution in [2.24, 2.45) is 0 Å². The fourth-order valence-corrected chi connectivity index (χ4v) is 2.58. The van der Waals surface area contributed by atoms with Crippen LogP contribution in [-0.2, 0) is 13.6 Å². The quantitative estimate of drug-likeness (QED) is 0.656. The molecule has 0 aromatic heterocycles. The van der Waals surface area contributed by atoms with E-state index in [0.717, 1.165) is 0 Å². The SMILES string of the molecule is CCOP(=O)(C[C@@H](C)O)OCC. The molecule has 0 aromatic carbocycles. The molecule has 5 heteroatoms. The molecule has 0 unspecified atom stereocenters. The van der Waals surface area contributed by atoms with Crippen molar-refractivity contribution < 1.29 is 18.7 Å². The topological polar surface area (TPSA) is 55.8 Å². The average Bonchev–Trinajstić information content (AvgIpc) is 1.85. The third kappa shape index (κ3) is 4.88. The lowest BCUT2D eigenvalue weighted by atomic mass is 10.5. The number of hydrogen-bond acceptors (Lipinski definition) is 4. The molecule has 0 amide bonds. The second-order valence-electron chi connectivity index (χ2n) is 2.48. The first kappa shape index (κ1) is 12.1. The Morgan fingerprint density at radius 1 is 1.33 bits per heavy atom. The lowest BCUT2D eigenvalue weighted by Crippen LogP contribution is -2.11. The van der Waals surface area contributed by atoms with Crippen LogP contribution in [0.5, 0.6) is 0 Å². The summed E-state index contributed by atoms with van der Waals surface area (Å²) in [6, 6.07) is 0. The fourth-order valence-electron chi connectivity index (χ4n) is 0.860. The maximum atomic E-state index is 11.6. The van der Waals surface area contributed by atoms with Crippen molar-refractivity contribution in [1.29, 1.82) is 0 Å². The molecule has 0 saturated heterocycles. The third-order valence-electron chi connectivity index (χ3n) is 1.14. The summed E-state index contributed by atoms with van der Waals surface area (Å²) in [6.07, 6.45) is -0.594. The first-order valence-electron chi connectivity index (χ1n) is 4.10. The van der Waals surface area contributed by atoms with E-state index >= 15 is 0 Å². The van der Waals surface area contributed by atoms with Crippen LogP contribution >= 0.6 is 7.60 Å². The van der Waals surface area contributed by atoms with Gasteiger partial charge in [-0.2, -0.15) is 0 Å². The maximum Gasteiger partial charge on any atom is 0.333 e. The van der Waals surface area contributed by atoms with Crippen LogP contribution in [0, 0.1) is 0 Å². The molecule has 0 heterocycles. The molecular weight excluding hydrogens is 179 g/mol. The second-order valence-corrected chi connectivity index (χ2v) is 4.58. The van der Waals surface area contributed by atoms with Crippen molar-refractivity contribution in [1.82, 2.24) is 0 Å². The largest absolute Gasteiger partial charge is 0.393 e. The zero-order valence-corrected chi connectivity index (χ0v) is 8.71. The van der Waals surface area contributed by atoms with E-state index in [9.17, 15) is 4.57 Å². The molecule has 0 aliphatic carbocycles. The summed E-state index contributed by atoms with van der Waals surface area (Å²) in [5, 5.41) is 9.01. The molecule has 74 valence electrons. The minimum atomic E-state index is -3.03. The zero-order valence-electron chi connectivity index (χ0n) is 7.82. The third-order valence-corrected chi connectivity index (χ3v) is 3.42. The van der Waals surface area contributed by atoms with Crippen LogP contribution in [0.3, 0.4) is 0 Å². The van der Waals surface area contributed by atoms with Gasteiger partial charge in [-0.15, -0.1) is 0 Å². The van der Waals surface area contributed by atoms with Gasteiger partial charge in [-0.25, -0.2) is 0 Å². The zero-order chi connectivity index (χ0) is 9.61. The van der Waals surface area contributed by atoms with Crippen molar-refractivity contribution in [2.75, 3.05) is 19.4 Å². The Bertz CT molecular complexity index is 147. The van der Waals surface area contributed by atoms with Crippen LogP contribution in [0.15, 0.2) is 0 Å². The van der Waals surface area contributed by atoms with E-state index in [1.165, 1.54) is 0 Å². The summed E-state index contributed by atoms with van der Waals surface area (Å²) in [4.78, 5) is 0. The Morgan fingerprint density at radius 2 is 1.75 bits per heavy atom. The highest BCUT2D eigenvalue weighted by atomic mass is 31.2. The second kappa shape index (κ2) is 5.70. The predicted molar refractivity (Wildman–Crippen MR) is 47.4 cm³/mol. The molecule has 0 fully saturated rings. The summed E-state index contributed by atoms with van der Waals surface area (Å²) in [5.41, 5.74) is 0. The maximum absolute atomic E-state index is 11.6. The van der Waals surface area contributed by atoms with Gasteiger partial charge in [0.1, 0.15) is 0 Å². The van der Waals surface area contributed by atoms with E-state index in [0.29, 0.717) is 13.2 Å². The van der Waals surface area contributed by atoms with Crippen LogP contribution in [0.1, 0.15) is 20.8 Å². The molecule has 0 aromatic rings. The Kier molecular flexibility index (Phi) is 5.76. The first-order valence-corrected chi connectivity index (χ1v) is 5.83. The smallest absolute Gasteiger partial charge is 0.333 e. The molecule has 4 nitrogen and oxygen atoms in total. The van der Waals surface area contributed by atoms with Crippen molar-refractivity contribution in [3.8, 4) is 0 Å². The highest BCUT2D eigenvalue weighted by Crippen LogP contribution is 2.48. The van der Waals surface area contributed by atoms with E-state index < -0.39 is 13.7 Å². The number of aliphatic hydroxyl groups is 1. The number of rotatable bonds is 6. The minimum Gasteiger partial charge on any atom is -0.393 e. The summed E-state index contributed by atoms with van der Waals surface area (Å²) in [5.74, 6) is 0. The van der Waals surface area contributed by atoms with Crippen molar-refractivity contribution in [3.05, 3.63) is 0 Å². The van der Waals surface area contributed by atoms with Crippen LogP contribution < -0.4 is 0 Å². The fraction of sp³-hybridized carbons (Fsp3) is 1.00. The Morgan fingerprint density at radius 3 is 2.00 bits per heavy atom. The van der Waals surface area contributed by atoms with E-state index in [2.05, 4.69) is 0 Å². The molecule has 0 radical (unpaired) electrons. The lowest BCUT2D eigenvalue weighted by Gasteiger charge is -2.17. The summed E-state index contributed by atoms with van der Waals surface area (Å²) in [7, 11) is -3.03. The van der Waals surface area contributed by atoms with Gasteiger partial charge in [0.2, 0.25) is 0 Å². The highest BCUT2D eigenvalue weighted by Gasteiger charge is 2.25. The molecule has 0 aliphatic rings. The van der Waals surface area contributed by atoms with Crippen LogP contribution in [-0.4, -0.2) is 30.6 Å². The van der Waals surface area contributed by atoms with Crippen molar-refractivity contribution >= 4 is 7.60 Å². The van der Waals surface area contributed by atoms with Gasteiger partial charge in [-0.1, -0.05) is 0 Å². The summed E-state index contributed by atoms with van der Waals surface area (Å²) >= 11 is 0. The standard InChI is InChI=1S/C7H17O4P/c1-4-10-12(9,11-5-2)6-7(3)8/h7-8H,4-6H2,1-3H3/t7-/m1/s1. The predicted octanol–water partition coefficient (Wildman–Crippen LogP) is 1.63. The molecule has 0 aliphatic heterocycles. The molecule has 12 heavy (non-hydrogen) atoms. The Labute approximate surface area is 73.4 Å². The van der Waals surface area contributed by atoms with Gasteiger partial charge in [-0.05, 0) is 20.8 Å². The first-order chi connectivity index (χ1) is 5.54. The molecule has 1 atom stereocenters. The van der Waals surface area contributed by atoms with Crippen molar-refractivity contribution in [3.63, 3.8) is 0 Å². The van der Waals surface area contributed by atoms with Gasteiger partial charge in [-0.3, -0.25) is 4.57 Å². The molecule has 0 saturated carbocycles. The van der Waals surface area contributed by atoms with Crippen LogP contribution in [0.2, 0.25) is 0 Å². The van der Waals surface area contributed by atoms with Gasteiger partial charge in [0.05, 0.1) is 25.5 Å². The van der Waals surface area contributed by atoms with Crippen LogP contribution in [0.25, 0.3) is 0 Å². The number of hydrogen-bond donors (Lipinski definition) is 1. The van der Waals surface area contributed by atoms with E-state index in [1.54, 1.807) is 20.8 Å². The summed E-state index contributed by atoms with van der Waals surface area (Å²) in [6.45, 7) is 5.72. The summed E-state index contributed by atoms with van der Waals surface area (Å²) < 4.78 is 21.5. The monoisotopic (exact) mass is 196 g/mol. The van der Waals surface area contributed by atoms with Gasteiger partial charge in [0, 0.05) is 0 Å². The van der Waals surface area contributed by atoms with Gasteiger partial charge < -0.3 is 14.2 Å². The van der Waals surface area contributed by atoms with E-state index in [4.69, 9.17) is 14.2 Å². The Balaban J connectivity index is 4.08. The molecule has 1 N–H and O–H groups in total. The Hall–Kier alpha value is 0.110. The minimum absolute atomic E-state index is 0.0642. The molecule has 0 rings (SSSR count).